The number of phenolic OH excluding ortho intramolecular Hbond substituents is 1. The lowest BCUT2D eigenvalue weighted by Crippen LogP contribution is -2.38. The van der Waals surface area contributed by atoms with Crippen molar-refractivity contribution in [1.82, 2.24) is 4.90 Å². The van der Waals surface area contributed by atoms with Crippen molar-refractivity contribution in [2.45, 2.75) is 39.8 Å². The largest absolute Gasteiger partial charge is 0.508 e. The summed E-state index contributed by atoms with van der Waals surface area (Å²) in [7, 11) is 0. The molecule has 0 aliphatic rings. The van der Waals surface area contributed by atoms with Crippen LogP contribution in [-0.2, 0) is 17.8 Å². The molecule has 0 saturated heterocycles. The Morgan fingerprint density at radius 3 is 2.57 bits per heavy atom. The number of aromatic hydroxyl groups is 1. The van der Waals surface area contributed by atoms with Gasteiger partial charge in [0.1, 0.15) is 11.3 Å². The van der Waals surface area contributed by atoms with E-state index in [-0.39, 0.29) is 18.3 Å². The fourth-order valence-corrected chi connectivity index (χ4v) is 2.56. The minimum absolute atomic E-state index is 0.0903. The quantitative estimate of drug-likeness (QED) is 0.791. The molecular formula is C17H22N2O4. The molecule has 0 aliphatic heterocycles. The smallest absolute Gasteiger partial charge is 0.336 e. The molecule has 1 heterocycles. The van der Waals surface area contributed by atoms with Crippen LogP contribution >= 0.6 is 0 Å². The van der Waals surface area contributed by atoms with E-state index in [2.05, 4.69) is 0 Å². The van der Waals surface area contributed by atoms with E-state index in [0.717, 1.165) is 16.5 Å². The summed E-state index contributed by atoms with van der Waals surface area (Å²) in [5.41, 5.74) is 6.68. The first-order chi connectivity index (χ1) is 10.8. The van der Waals surface area contributed by atoms with Crippen molar-refractivity contribution in [2.24, 2.45) is 5.73 Å². The van der Waals surface area contributed by atoms with Gasteiger partial charge >= 0.3 is 5.63 Å². The van der Waals surface area contributed by atoms with Crippen molar-refractivity contribution >= 4 is 16.9 Å². The zero-order chi connectivity index (χ0) is 17.1. The molecule has 0 aliphatic carbocycles. The van der Waals surface area contributed by atoms with Crippen LogP contribution in [0.3, 0.4) is 0 Å². The molecule has 23 heavy (non-hydrogen) atoms. The van der Waals surface area contributed by atoms with Gasteiger partial charge in [-0.3, -0.25) is 9.69 Å². The predicted octanol–water partition coefficient (Wildman–Crippen LogP) is 1.76. The van der Waals surface area contributed by atoms with Crippen LogP contribution in [0.15, 0.2) is 27.4 Å². The number of fused-ring (bicyclic) bond motifs is 1. The fraction of sp³-hybridized carbons (Fsp3) is 0.412. The number of nitrogens with zero attached hydrogens (tertiary/aromatic N) is 1. The standard InChI is InChI=1S/C17H22N2O4/c1-4-11-5-13-12(8-19(10(2)3)9-16(18)21)6-17(22)23-15(13)7-14(11)20/h5-7,10,20H,4,8-9H2,1-3H3,(H2,18,21). The third kappa shape index (κ3) is 3.90. The molecule has 0 atom stereocenters. The molecule has 6 heteroatoms. The lowest BCUT2D eigenvalue weighted by Gasteiger charge is -2.25. The van der Waals surface area contributed by atoms with E-state index >= 15 is 0 Å². The summed E-state index contributed by atoms with van der Waals surface area (Å²) in [6.07, 6.45) is 0.662. The van der Waals surface area contributed by atoms with Gasteiger partial charge in [-0.2, -0.15) is 0 Å². The summed E-state index contributed by atoms with van der Waals surface area (Å²) in [5.74, 6) is -0.309. The average molecular weight is 318 g/mol. The summed E-state index contributed by atoms with van der Waals surface area (Å²) in [6.45, 7) is 6.36. The first-order valence-corrected chi connectivity index (χ1v) is 7.62. The van der Waals surface area contributed by atoms with E-state index in [9.17, 15) is 14.7 Å². The molecule has 0 bridgehead atoms. The van der Waals surface area contributed by atoms with Crippen molar-refractivity contribution < 1.29 is 14.3 Å². The minimum Gasteiger partial charge on any atom is -0.508 e. The van der Waals surface area contributed by atoms with E-state index in [1.165, 1.54) is 12.1 Å². The van der Waals surface area contributed by atoms with E-state index in [1.54, 1.807) is 0 Å². The van der Waals surface area contributed by atoms with E-state index in [1.807, 2.05) is 31.7 Å². The highest BCUT2D eigenvalue weighted by Crippen LogP contribution is 2.27. The molecule has 0 radical (unpaired) electrons. The zero-order valence-electron chi connectivity index (χ0n) is 13.6. The van der Waals surface area contributed by atoms with Crippen LogP contribution in [0.4, 0.5) is 0 Å². The number of rotatable bonds is 6. The third-order valence-corrected chi connectivity index (χ3v) is 3.87. The van der Waals surface area contributed by atoms with Crippen LogP contribution in [0.1, 0.15) is 31.9 Å². The number of amides is 1. The zero-order valence-corrected chi connectivity index (χ0v) is 13.6. The molecular weight excluding hydrogens is 296 g/mol. The van der Waals surface area contributed by atoms with Gasteiger partial charge in [0.05, 0.1) is 6.54 Å². The second-order valence-corrected chi connectivity index (χ2v) is 5.89. The summed E-state index contributed by atoms with van der Waals surface area (Å²) >= 11 is 0. The van der Waals surface area contributed by atoms with Gasteiger partial charge in [0.2, 0.25) is 5.91 Å². The Kier molecular flexibility index (Phi) is 5.05. The Bertz CT molecular complexity index is 780. The van der Waals surface area contributed by atoms with Gasteiger partial charge in [-0.25, -0.2) is 4.79 Å². The van der Waals surface area contributed by atoms with Gasteiger partial charge in [-0.05, 0) is 37.5 Å². The van der Waals surface area contributed by atoms with Crippen molar-refractivity contribution in [2.75, 3.05) is 6.54 Å². The van der Waals surface area contributed by atoms with Crippen molar-refractivity contribution in [1.29, 1.82) is 0 Å². The fourth-order valence-electron chi connectivity index (χ4n) is 2.56. The average Bonchev–Trinajstić information content (AvgIpc) is 2.45. The lowest BCUT2D eigenvalue weighted by molar-refractivity contribution is -0.119. The molecule has 3 N–H and O–H groups in total. The van der Waals surface area contributed by atoms with E-state index in [4.69, 9.17) is 10.2 Å². The summed E-state index contributed by atoms with van der Waals surface area (Å²) in [6, 6.07) is 4.81. The number of carbonyl (C=O) groups excluding carboxylic acids is 1. The van der Waals surface area contributed by atoms with E-state index in [0.29, 0.717) is 18.5 Å². The predicted molar refractivity (Wildman–Crippen MR) is 88.3 cm³/mol. The Balaban J connectivity index is 2.54. The molecule has 0 unspecified atom stereocenters. The number of aryl methyl sites for hydroxylation is 1. The highest BCUT2D eigenvalue weighted by atomic mass is 16.4. The molecule has 1 aromatic carbocycles. The van der Waals surface area contributed by atoms with Gasteiger partial charge in [0.25, 0.3) is 0 Å². The maximum atomic E-state index is 11.8. The topological polar surface area (TPSA) is 96.8 Å². The maximum absolute atomic E-state index is 11.8. The first kappa shape index (κ1) is 17.0. The lowest BCUT2D eigenvalue weighted by atomic mass is 10.0. The number of hydrogen-bond acceptors (Lipinski definition) is 5. The molecule has 0 saturated carbocycles. The normalized spacial score (nSPS) is 11.5. The Labute approximate surface area is 134 Å². The Morgan fingerprint density at radius 1 is 1.30 bits per heavy atom. The SMILES string of the molecule is CCc1cc2c(CN(CC(N)=O)C(C)C)cc(=O)oc2cc1O. The summed E-state index contributed by atoms with van der Waals surface area (Å²) < 4.78 is 5.18. The van der Waals surface area contributed by atoms with Crippen LogP contribution < -0.4 is 11.4 Å². The molecule has 124 valence electrons. The highest BCUT2D eigenvalue weighted by Gasteiger charge is 2.16. The van der Waals surface area contributed by atoms with Gasteiger partial charge < -0.3 is 15.3 Å². The number of phenols is 1. The number of hydrogen-bond donors (Lipinski definition) is 2. The van der Waals surface area contributed by atoms with Crippen LogP contribution in [0.5, 0.6) is 5.75 Å². The van der Waals surface area contributed by atoms with Crippen LogP contribution in [0, 0.1) is 0 Å². The van der Waals surface area contributed by atoms with Crippen molar-refractivity contribution in [3.05, 3.63) is 39.7 Å². The van der Waals surface area contributed by atoms with Crippen molar-refractivity contribution in [3.8, 4) is 5.75 Å². The number of benzene rings is 1. The van der Waals surface area contributed by atoms with Gasteiger partial charge in [-0.1, -0.05) is 6.92 Å². The van der Waals surface area contributed by atoms with Crippen molar-refractivity contribution in [3.63, 3.8) is 0 Å². The second kappa shape index (κ2) is 6.83. The van der Waals surface area contributed by atoms with Crippen LogP contribution in [0.25, 0.3) is 11.0 Å². The number of primary amides is 1. The number of carbonyl (C=O) groups is 1. The Hall–Kier alpha value is -2.34. The minimum atomic E-state index is -0.487. The van der Waals surface area contributed by atoms with Gasteiger partial charge in [0.15, 0.2) is 0 Å². The molecule has 2 aromatic rings. The van der Waals surface area contributed by atoms with E-state index < -0.39 is 11.5 Å². The Morgan fingerprint density at radius 2 is 2.00 bits per heavy atom. The molecule has 0 fully saturated rings. The first-order valence-electron chi connectivity index (χ1n) is 7.62. The number of nitrogens with two attached hydrogens (primary N) is 1. The third-order valence-electron chi connectivity index (χ3n) is 3.87. The molecule has 1 amide bonds. The maximum Gasteiger partial charge on any atom is 0.336 e. The monoisotopic (exact) mass is 318 g/mol. The summed E-state index contributed by atoms with van der Waals surface area (Å²) in [5, 5.41) is 10.7. The van der Waals surface area contributed by atoms with Crippen LogP contribution in [-0.4, -0.2) is 28.5 Å². The molecule has 1 aromatic heterocycles. The van der Waals surface area contributed by atoms with Gasteiger partial charge in [0, 0.05) is 30.1 Å². The highest BCUT2D eigenvalue weighted by molar-refractivity contribution is 5.83. The molecule has 0 spiro atoms. The van der Waals surface area contributed by atoms with Gasteiger partial charge in [-0.15, -0.1) is 0 Å². The summed E-state index contributed by atoms with van der Waals surface area (Å²) in [4.78, 5) is 24.9. The second-order valence-electron chi connectivity index (χ2n) is 5.89. The molecule has 6 nitrogen and oxygen atoms in total. The molecule has 2 rings (SSSR count). The van der Waals surface area contributed by atoms with Crippen LogP contribution in [0.2, 0.25) is 0 Å².